The third kappa shape index (κ3) is 1.53. The van der Waals surface area contributed by atoms with E-state index in [9.17, 15) is 0 Å². The number of halogens is 1. The van der Waals surface area contributed by atoms with Gasteiger partial charge in [-0.3, -0.25) is 0 Å². The largest absolute Gasteiger partial charge is 0.481 e. The van der Waals surface area contributed by atoms with Crippen LogP contribution in [-0.4, -0.2) is 12.1 Å². The van der Waals surface area contributed by atoms with E-state index < -0.39 is 0 Å². The van der Waals surface area contributed by atoms with Gasteiger partial charge < -0.3 is 4.74 Å². The summed E-state index contributed by atoms with van der Waals surface area (Å²) in [5.74, 6) is 1.04. The van der Waals surface area contributed by atoms with Gasteiger partial charge in [0.25, 0.3) is 0 Å². The van der Waals surface area contributed by atoms with Crippen LogP contribution >= 0.6 is 11.6 Å². The molecule has 2 aromatic rings. The summed E-state index contributed by atoms with van der Waals surface area (Å²) >= 11 is 5.74. The van der Waals surface area contributed by atoms with Crippen molar-refractivity contribution < 1.29 is 4.74 Å². The van der Waals surface area contributed by atoms with Gasteiger partial charge in [-0.1, -0.05) is 18.2 Å². The fourth-order valence-corrected chi connectivity index (χ4v) is 1.58. The van der Waals surface area contributed by atoms with Crippen molar-refractivity contribution in [1.29, 1.82) is 0 Å². The minimum absolute atomic E-state index is 0.404. The van der Waals surface area contributed by atoms with E-state index in [0.29, 0.717) is 11.8 Å². The normalized spacial score (nSPS) is 10.4. The van der Waals surface area contributed by atoms with Crippen LogP contribution in [0.5, 0.6) is 5.88 Å². The minimum Gasteiger partial charge on any atom is -0.481 e. The van der Waals surface area contributed by atoms with Gasteiger partial charge >= 0.3 is 0 Å². The van der Waals surface area contributed by atoms with Gasteiger partial charge in [-0.05, 0) is 17.5 Å². The van der Waals surface area contributed by atoms with Gasteiger partial charge in [0.15, 0.2) is 0 Å². The van der Waals surface area contributed by atoms with Gasteiger partial charge in [-0.25, -0.2) is 4.98 Å². The van der Waals surface area contributed by atoms with Crippen LogP contribution in [0.25, 0.3) is 10.8 Å². The quantitative estimate of drug-likeness (QED) is 0.707. The number of methoxy groups -OCH3 is 1. The molecule has 0 atom stereocenters. The van der Waals surface area contributed by atoms with E-state index >= 15 is 0 Å². The molecule has 14 heavy (non-hydrogen) atoms. The Labute approximate surface area is 87.5 Å². The van der Waals surface area contributed by atoms with Gasteiger partial charge in [0.05, 0.1) is 18.7 Å². The standard InChI is InChI=1S/C11H10ClNO/c1-14-11-10-5-3-2-4-8(10)6-9(7-12)13-11/h2-6H,7H2,1H3. The Morgan fingerprint density at radius 1 is 1.36 bits per heavy atom. The second-order valence-corrected chi connectivity index (χ2v) is 3.24. The number of nitrogens with zero attached hydrogens (tertiary/aromatic N) is 1. The number of rotatable bonds is 2. The first-order chi connectivity index (χ1) is 6.85. The lowest BCUT2D eigenvalue weighted by Crippen LogP contribution is -1.93. The summed E-state index contributed by atoms with van der Waals surface area (Å²) in [6.45, 7) is 0. The molecule has 0 unspecified atom stereocenters. The van der Waals surface area contributed by atoms with Crippen LogP contribution in [0.2, 0.25) is 0 Å². The van der Waals surface area contributed by atoms with Crippen molar-refractivity contribution in [2.24, 2.45) is 0 Å². The molecule has 0 aliphatic heterocycles. The third-order valence-electron chi connectivity index (χ3n) is 2.09. The maximum absolute atomic E-state index is 5.74. The summed E-state index contributed by atoms with van der Waals surface area (Å²) in [5, 5.41) is 2.12. The molecule has 2 nitrogen and oxygen atoms in total. The maximum atomic E-state index is 5.74. The molecular formula is C11H10ClNO. The average Bonchev–Trinajstić information content (AvgIpc) is 2.27. The Morgan fingerprint density at radius 2 is 2.14 bits per heavy atom. The van der Waals surface area contributed by atoms with E-state index in [1.165, 1.54) is 0 Å². The van der Waals surface area contributed by atoms with Crippen molar-refractivity contribution in [1.82, 2.24) is 4.98 Å². The van der Waals surface area contributed by atoms with Crippen LogP contribution in [0.1, 0.15) is 5.69 Å². The van der Waals surface area contributed by atoms with Gasteiger partial charge in [-0.15, -0.1) is 11.6 Å². The molecule has 72 valence electrons. The van der Waals surface area contributed by atoms with E-state index in [4.69, 9.17) is 16.3 Å². The molecule has 1 aromatic carbocycles. The smallest absolute Gasteiger partial charge is 0.221 e. The second kappa shape index (κ2) is 3.84. The summed E-state index contributed by atoms with van der Waals surface area (Å²) in [5.41, 5.74) is 0.835. The summed E-state index contributed by atoms with van der Waals surface area (Å²) in [6.07, 6.45) is 0. The van der Waals surface area contributed by atoms with Crippen molar-refractivity contribution in [3.8, 4) is 5.88 Å². The lowest BCUT2D eigenvalue weighted by Gasteiger charge is -2.05. The van der Waals surface area contributed by atoms with Gasteiger partial charge in [0.1, 0.15) is 0 Å². The first-order valence-electron chi connectivity index (χ1n) is 4.34. The molecule has 3 heteroatoms. The average molecular weight is 208 g/mol. The Balaban J connectivity index is 2.73. The highest BCUT2D eigenvalue weighted by molar-refractivity contribution is 6.17. The van der Waals surface area contributed by atoms with Crippen LogP contribution in [-0.2, 0) is 5.88 Å². The number of benzene rings is 1. The molecule has 0 bridgehead atoms. The van der Waals surface area contributed by atoms with Crippen molar-refractivity contribution in [2.75, 3.05) is 7.11 Å². The fraction of sp³-hybridized carbons (Fsp3) is 0.182. The van der Waals surface area contributed by atoms with Crippen LogP contribution in [0, 0.1) is 0 Å². The monoisotopic (exact) mass is 207 g/mol. The highest BCUT2D eigenvalue weighted by Crippen LogP contribution is 2.24. The molecule has 0 aliphatic rings. The lowest BCUT2D eigenvalue weighted by molar-refractivity contribution is 0.402. The van der Waals surface area contributed by atoms with Crippen molar-refractivity contribution in [2.45, 2.75) is 5.88 Å². The molecule has 0 saturated heterocycles. The maximum Gasteiger partial charge on any atom is 0.221 e. The van der Waals surface area contributed by atoms with E-state index in [0.717, 1.165) is 16.5 Å². The van der Waals surface area contributed by atoms with Crippen molar-refractivity contribution >= 4 is 22.4 Å². The zero-order valence-corrected chi connectivity index (χ0v) is 8.58. The number of alkyl halides is 1. The number of ether oxygens (including phenoxy) is 1. The van der Waals surface area contributed by atoms with Gasteiger partial charge in [-0.2, -0.15) is 0 Å². The Bertz CT molecular complexity index is 456. The highest BCUT2D eigenvalue weighted by Gasteiger charge is 2.04. The second-order valence-electron chi connectivity index (χ2n) is 2.98. The third-order valence-corrected chi connectivity index (χ3v) is 2.36. The lowest BCUT2D eigenvalue weighted by atomic mass is 10.1. The Hall–Kier alpha value is -1.28. The first-order valence-corrected chi connectivity index (χ1v) is 4.87. The van der Waals surface area contributed by atoms with Crippen LogP contribution in [0.15, 0.2) is 30.3 Å². The SMILES string of the molecule is COc1nc(CCl)cc2ccccc12. The molecular weight excluding hydrogens is 198 g/mol. The van der Waals surface area contributed by atoms with Crippen LogP contribution < -0.4 is 4.74 Å². The zero-order valence-electron chi connectivity index (χ0n) is 7.83. The molecule has 1 heterocycles. The zero-order chi connectivity index (χ0) is 9.97. The molecule has 0 spiro atoms. The Kier molecular flexibility index (Phi) is 2.55. The van der Waals surface area contributed by atoms with E-state index in [1.54, 1.807) is 7.11 Å². The fourth-order valence-electron chi connectivity index (χ4n) is 1.44. The molecule has 0 fully saturated rings. The summed E-state index contributed by atoms with van der Waals surface area (Å²) in [6, 6.07) is 9.94. The molecule has 0 saturated carbocycles. The molecule has 0 N–H and O–H groups in total. The highest BCUT2D eigenvalue weighted by atomic mass is 35.5. The Morgan fingerprint density at radius 3 is 2.86 bits per heavy atom. The number of fused-ring (bicyclic) bond motifs is 1. The summed E-state index contributed by atoms with van der Waals surface area (Å²) in [7, 11) is 1.62. The molecule has 1 aromatic heterocycles. The predicted molar refractivity (Wildman–Crippen MR) is 57.9 cm³/mol. The summed E-state index contributed by atoms with van der Waals surface area (Å²) < 4.78 is 5.20. The number of hydrogen-bond donors (Lipinski definition) is 0. The van der Waals surface area contributed by atoms with Crippen LogP contribution in [0.3, 0.4) is 0 Å². The van der Waals surface area contributed by atoms with E-state index in [2.05, 4.69) is 4.98 Å². The number of aromatic nitrogens is 1. The van der Waals surface area contributed by atoms with Crippen molar-refractivity contribution in [3.63, 3.8) is 0 Å². The first kappa shape index (κ1) is 9.28. The molecule has 0 amide bonds. The number of hydrogen-bond acceptors (Lipinski definition) is 2. The van der Waals surface area contributed by atoms with E-state index in [1.807, 2.05) is 30.3 Å². The van der Waals surface area contributed by atoms with Crippen LogP contribution in [0.4, 0.5) is 0 Å². The van der Waals surface area contributed by atoms with Crippen molar-refractivity contribution in [3.05, 3.63) is 36.0 Å². The number of pyridine rings is 1. The topological polar surface area (TPSA) is 22.1 Å². The summed E-state index contributed by atoms with van der Waals surface area (Å²) in [4.78, 5) is 4.28. The van der Waals surface area contributed by atoms with E-state index in [-0.39, 0.29) is 0 Å². The predicted octanol–water partition coefficient (Wildman–Crippen LogP) is 2.98. The molecule has 0 radical (unpaired) electrons. The van der Waals surface area contributed by atoms with Gasteiger partial charge in [0.2, 0.25) is 5.88 Å². The minimum atomic E-state index is 0.404. The van der Waals surface area contributed by atoms with Gasteiger partial charge in [0, 0.05) is 5.39 Å². The molecule has 0 aliphatic carbocycles. The molecule has 2 rings (SSSR count).